The van der Waals surface area contributed by atoms with Gasteiger partial charge in [-0.2, -0.15) is 0 Å². The number of anilines is 1. The molecule has 5 nitrogen and oxygen atoms in total. The number of aromatic nitrogens is 1. The number of hydrogen-bond donors (Lipinski definition) is 2. The molecular weight excluding hydrogens is 314 g/mol. The van der Waals surface area contributed by atoms with E-state index >= 15 is 0 Å². The van der Waals surface area contributed by atoms with Gasteiger partial charge in [0.05, 0.1) is 0 Å². The molecule has 1 heterocycles. The molecule has 2 amide bonds. The molecule has 0 fully saturated rings. The van der Waals surface area contributed by atoms with Crippen LogP contribution >= 0.6 is 11.6 Å². The lowest BCUT2D eigenvalue weighted by molar-refractivity contribution is 0.0953. The summed E-state index contributed by atoms with van der Waals surface area (Å²) in [6.45, 7) is 2.67. The number of carbonyl (C=O) groups is 2. The zero-order chi connectivity index (χ0) is 16.7. The molecule has 0 bridgehead atoms. The molecule has 1 aromatic carbocycles. The van der Waals surface area contributed by atoms with Gasteiger partial charge < -0.3 is 10.6 Å². The monoisotopic (exact) mass is 331 g/mol. The molecule has 2 aromatic rings. The maximum Gasteiger partial charge on any atom is 0.274 e. The number of rotatable bonds is 6. The van der Waals surface area contributed by atoms with Crippen molar-refractivity contribution in [1.29, 1.82) is 0 Å². The molecule has 2 N–H and O–H groups in total. The van der Waals surface area contributed by atoms with E-state index in [-0.39, 0.29) is 17.5 Å². The normalized spacial score (nSPS) is 10.2. The summed E-state index contributed by atoms with van der Waals surface area (Å²) in [6.07, 6.45) is 3.37. The predicted octanol–water partition coefficient (Wildman–Crippen LogP) is 3.52. The number of nitrogens with zero attached hydrogens (tertiary/aromatic N) is 1. The van der Waals surface area contributed by atoms with Gasteiger partial charge in [0.25, 0.3) is 11.8 Å². The zero-order valence-electron chi connectivity index (χ0n) is 12.8. The first kappa shape index (κ1) is 17.0. The van der Waals surface area contributed by atoms with Gasteiger partial charge in [-0.15, -0.1) is 0 Å². The average molecular weight is 332 g/mol. The van der Waals surface area contributed by atoms with E-state index in [1.807, 2.05) is 0 Å². The molecule has 23 heavy (non-hydrogen) atoms. The maximum absolute atomic E-state index is 12.2. The molecule has 0 saturated heterocycles. The first-order valence-electron chi connectivity index (χ1n) is 7.41. The summed E-state index contributed by atoms with van der Waals surface area (Å²) in [6, 6.07) is 9.82. The first-order valence-corrected chi connectivity index (χ1v) is 7.79. The minimum Gasteiger partial charge on any atom is -0.352 e. The lowest BCUT2D eigenvalue weighted by atomic mass is 10.2. The second-order valence-corrected chi connectivity index (χ2v) is 5.44. The smallest absolute Gasteiger partial charge is 0.274 e. The van der Waals surface area contributed by atoms with Crippen molar-refractivity contribution in [3.8, 4) is 0 Å². The third-order valence-corrected chi connectivity index (χ3v) is 3.42. The van der Waals surface area contributed by atoms with Crippen LogP contribution in [0.25, 0.3) is 0 Å². The Morgan fingerprint density at radius 3 is 2.57 bits per heavy atom. The van der Waals surface area contributed by atoms with Gasteiger partial charge >= 0.3 is 0 Å². The van der Waals surface area contributed by atoms with Crippen LogP contribution in [0.1, 0.15) is 40.6 Å². The number of carbonyl (C=O) groups excluding carboxylic acids is 2. The lowest BCUT2D eigenvalue weighted by Crippen LogP contribution is -2.25. The number of pyridine rings is 1. The van der Waals surface area contributed by atoms with E-state index in [1.54, 1.807) is 30.3 Å². The number of amides is 2. The molecule has 0 aliphatic rings. The first-order chi connectivity index (χ1) is 11.1. The SMILES string of the molecule is CCCCNC(=O)c1ccnc(C(=O)Nc2ccc(Cl)cc2)c1. The van der Waals surface area contributed by atoms with Crippen molar-refractivity contribution in [3.63, 3.8) is 0 Å². The van der Waals surface area contributed by atoms with Crippen molar-refractivity contribution >= 4 is 29.1 Å². The Hall–Kier alpha value is -2.40. The number of unbranched alkanes of at least 4 members (excludes halogenated alkanes) is 1. The Kier molecular flexibility index (Phi) is 6.11. The van der Waals surface area contributed by atoms with Crippen LogP contribution in [0.2, 0.25) is 5.02 Å². The molecule has 0 unspecified atom stereocenters. The second-order valence-electron chi connectivity index (χ2n) is 5.00. The summed E-state index contributed by atoms with van der Waals surface area (Å²) >= 11 is 5.80. The van der Waals surface area contributed by atoms with Crippen molar-refractivity contribution in [3.05, 3.63) is 58.9 Å². The molecule has 2 rings (SSSR count). The van der Waals surface area contributed by atoms with Crippen LogP contribution in [-0.2, 0) is 0 Å². The topological polar surface area (TPSA) is 71.1 Å². The van der Waals surface area contributed by atoms with Gasteiger partial charge in [0, 0.05) is 29.0 Å². The van der Waals surface area contributed by atoms with Gasteiger partial charge in [-0.3, -0.25) is 14.6 Å². The van der Waals surface area contributed by atoms with E-state index in [4.69, 9.17) is 11.6 Å². The Morgan fingerprint density at radius 2 is 1.87 bits per heavy atom. The van der Waals surface area contributed by atoms with Crippen LogP contribution in [0.5, 0.6) is 0 Å². The zero-order valence-corrected chi connectivity index (χ0v) is 13.6. The Labute approximate surface area is 140 Å². The summed E-state index contributed by atoms with van der Waals surface area (Å²) < 4.78 is 0. The highest BCUT2D eigenvalue weighted by Crippen LogP contribution is 2.14. The van der Waals surface area contributed by atoms with E-state index in [0.717, 1.165) is 12.8 Å². The van der Waals surface area contributed by atoms with Crippen LogP contribution in [0.4, 0.5) is 5.69 Å². The van der Waals surface area contributed by atoms with Crippen LogP contribution in [0, 0.1) is 0 Å². The number of halogens is 1. The molecule has 120 valence electrons. The standard InChI is InChI=1S/C17H18ClN3O2/c1-2-3-9-20-16(22)12-8-10-19-15(11-12)17(23)21-14-6-4-13(18)5-7-14/h4-8,10-11H,2-3,9H2,1H3,(H,20,22)(H,21,23). The maximum atomic E-state index is 12.2. The van der Waals surface area contributed by atoms with Gasteiger partial charge in [0.15, 0.2) is 0 Å². The average Bonchev–Trinajstić information content (AvgIpc) is 2.57. The fraction of sp³-hybridized carbons (Fsp3) is 0.235. The van der Waals surface area contributed by atoms with Crippen LogP contribution in [0.3, 0.4) is 0 Å². The lowest BCUT2D eigenvalue weighted by Gasteiger charge is -2.07. The van der Waals surface area contributed by atoms with Crippen molar-refractivity contribution < 1.29 is 9.59 Å². The highest BCUT2D eigenvalue weighted by molar-refractivity contribution is 6.30. The number of hydrogen-bond acceptors (Lipinski definition) is 3. The third-order valence-electron chi connectivity index (χ3n) is 3.17. The Bertz CT molecular complexity index is 686. The summed E-state index contributed by atoms with van der Waals surface area (Å²) in [5.74, 6) is -0.586. The molecule has 0 saturated carbocycles. The van der Waals surface area contributed by atoms with Crippen molar-refractivity contribution in [2.24, 2.45) is 0 Å². The molecule has 0 spiro atoms. The van der Waals surface area contributed by atoms with E-state index in [0.29, 0.717) is 22.8 Å². The molecule has 6 heteroatoms. The Balaban J connectivity index is 2.04. The highest BCUT2D eigenvalue weighted by Gasteiger charge is 2.12. The Morgan fingerprint density at radius 1 is 1.13 bits per heavy atom. The summed E-state index contributed by atoms with van der Waals surface area (Å²) in [7, 11) is 0. The van der Waals surface area contributed by atoms with Crippen LogP contribution in [0.15, 0.2) is 42.6 Å². The molecular formula is C17H18ClN3O2. The second kappa shape index (κ2) is 8.29. The van der Waals surface area contributed by atoms with E-state index in [2.05, 4.69) is 22.5 Å². The molecule has 1 aromatic heterocycles. The minimum atomic E-state index is -0.379. The molecule has 0 aliphatic carbocycles. The van der Waals surface area contributed by atoms with Gasteiger partial charge in [0.1, 0.15) is 5.69 Å². The molecule has 0 atom stereocenters. The highest BCUT2D eigenvalue weighted by atomic mass is 35.5. The molecule has 0 radical (unpaired) electrons. The van der Waals surface area contributed by atoms with Crippen molar-refractivity contribution in [2.45, 2.75) is 19.8 Å². The van der Waals surface area contributed by atoms with Gasteiger partial charge in [0.2, 0.25) is 0 Å². The van der Waals surface area contributed by atoms with E-state index < -0.39 is 0 Å². The fourth-order valence-corrected chi connectivity index (χ4v) is 2.03. The fourth-order valence-electron chi connectivity index (χ4n) is 1.91. The predicted molar refractivity (Wildman–Crippen MR) is 90.9 cm³/mol. The number of nitrogens with one attached hydrogen (secondary N) is 2. The van der Waals surface area contributed by atoms with Crippen LogP contribution < -0.4 is 10.6 Å². The van der Waals surface area contributed by atoms with Crippen molar-refractivity contribution in [2.75, 3.05) is 11.9 Å². The van der Waals surface area contributed by atoms with E-state index in [9.17, 15) is 9.59 Å². The third kappa shape index (κ3) is 5.07. The summed E-state index contributed by atoms with van der Waals surface area (Å²) in [5, 5.41) is 6.11. The minimum absolute atomic E-state index is 0.183. The van der Waals surface area contributed by atoms with Crippen LogP contribution in [-0.4, -0.2) is 23.3 Å². The summed E-state index contributed by atoms with van der Waals surface area (Å²) in [4.78, 5) is 28.2. The van der Waals surface area contributed by atoms with E-state index in [1.165, 1.54) is 12.3 Å². The van der Waals surface area contributed by atoms with Gasteiger partial charge in [-0.1, -0.05) is 24.9 Å². The number of benzene rings is 1. The van der Waals surface area contributed by atoms with Crippen molar-refractivity contribution in [1.82, 2.24) is 10.3 Å². The molecule has 0 aliphatic heterocycles. The largest absolute Gasteiger partial charge is 0.352 e. The van der Waals surface area contributed by atoms with Gasteiger partial charge in [-0.25, -0.2) is 0 Å². The van der Waals surface area contributed by atoms with Gasteiger partial charge in [-0.05, 0) is 42.8 Å². The summed E-state index contributed by atoms with van der Waals surface area (Å²) in [5.41, 5.74) is 1.21. The quantitative estimate of drug-likeness (QED) is 0.796.